The fourth-order valence-corrected chi connectivity index (χ4v) is 1.99. The van der Waals surface area contributed by atoms with Crippen molar-refractivity contribution in [3.8, 4) is 17.0 Å². The number of rotatable bonds is 3. The highest BCUT2D eigenvalue weighted by molar-refractivity contribution is 5.65. The normalized spacial score (nSPS) is 17.0. The van der Waals surface area contributed by atoms with Crippen molar-refractivity contribution in [3.05, 3.63) is 36.4 Å². The van der Waals surface area contributed by atoms with E-state index in [-0.39, 0.29) is 11.2 Å². The Kier molecular flexibility index (Phi) is 2.19. The second-order valence-corrected chi connectivity index (χ2v) is 4.54. The lowest BCUT2D eigenvalue weighted by atomic mass is 10.1. The van der Waals surface area contributed by atoms with Gasteiger partial charge in [0, 0.05) is 12.1 Å². The lowest BCUT2D eigenvalue weighted by Gasteiger charge is -2.05. The zero-order valence-corrected chi connectivity index (χ0v) is 9.39. The Bertz CT molecular complexity index is 544. The van der Waals surface area contributed by atoms with Crippen molar-refractivity contribution in [2.24, 2.45) is 5.73 Å². The first kappa shape index (κ1) is 10.4. The summed E-state index contributed by atoms with van der Waals surface area (Å²) in [7, 11) is 0. The van der Waals surface area contributed by atoms with Crippen molar-refractivity contribution in [2.45, 2.75) is 18.3 Å². The summed E-state index contributed by atoms with van der Waals surface area (Å²) in [6, 6.07) is 7.10. The molecule has 1 saturated carbocycles. The molecule has 0 spiro atoms. The molecule has 2 aromatic rings. The average molecular weight is 230 g/mol. The monoisotopic (exact) mass is 230 g/mol. The van der Waals surface area contributed by atoms with Crippen LogP contribution >= 0.6 is 0 Å². The van der Waals surface area contributed by atoms with Gasteiger partial charge in [0.25, 0.3) is 0 Å². The first-order valence-electron chi connectivity index (χ1n) is 5.70. The molecule has 0 unspecified atom stereocenters. The van der Waals surface area contributed by atoms with Crippen LogP contribution in [0.1, 0.15) is 18.7 Å². The third kappa shape index (κ3) is 1.61. The first-order chi connectivity index (χ1) is 8.25. The zero-order valence-electron chi connectivity index (χ0n) is 9.39. The Morgan fingerprint density at radius 3 is 2.76 bits per heavy atom. The van der Waals surface area contributed by atoms with E-state index in [1.54, 1.807) is 18.4 Å². The van der Waals surface area contributed by atoms with Crippen LogP contribution in [0.4, 0.5) is 0 Å². The summed E-state index contributed by atoms with van der Waals surface area (Å²) in [4.78, 5) is 4.44. The second-order valence-electron chi connectivity index (χ2n) is 4.54. The van der Waals surface area contributed by atoms with Crippen LogP contribution in [0.5, 0.6) is 5.75 Å². The smallest absolute Gasteiger partial charge is 0.202 e. The second kappa shape index (κ2) is 3.60. The Hall–Kier alpha value is -1.81. The van der Waals surface area contributed by atoms with Crippen LogP contribution in [-0.4, -0.2) is 16.6 Å². The van der Waals surface area contributed by atoms with Gasteiger partial charge < -0.3 is 15.3 Å². The third-order valence-corrected chi connectivity index (χ3v) is 3.38. The highest BCUT2D eigenvalue weighted by atomic mass is 16.3. The number of nitrogens with two attached hydrogens (primary N) is 1. The van der Waals surface area contributed by atoms with Crippen LogP contribution in [0, 0.1) is 0 Å². The Morgan fingerprint density at radius 2 is 2.12 bits per heavy atom. The quantitative estimate of drug-likeness (QED) is 0.846. The standard InChI is InChI=1S/C13H14N2O2/c14-8-13(5-6-13)12-15-10(7-17-12)9-3-1-2-4-11(9)16/h1-4,7,16H,5-6,8,14H2. The lowest BCUT2D eigenvalue weighted by molar-refractivity contribution is 0.437. The van der Waals surface area contributed by atoms with Crippen LogP contribution in [-0.2, 0) is 5.41 Å². The number of oxazole rings is 1. The molecule has 17 heavy (non-hydrogen) atoms. The summed E-state index contributed by atoms with van der Waals surface area (Å²) in [6.45, 7) is 0.563. The molecule has 88 valence electrons. The van der Waals surface area contributed by atoms with Crippen molar-refractivity contribution < 1.29 is 9.52 Å². The number of nitrogens with zero attached hydrogens (tertiary/aromatic N) is 1. The number of hydrogen-bond donors (Lipinski definition) is 2. The Morgan fingerprint density at radius 1 is 1.35 bits per heavy atom. The van der Waals surface area contributed by atoms with Gasteiger partial charge in [-0.15, -0.1) is 0 Å². The number of phenols is 1. The van der Waals surface area contributed by atoms with Gasteiger partial charge in [-0.05, 0) is 25.0 Å². The van der Waals surface area contributed by atoms with E-state index in [0.717, 1.165) is 12.8 Å². The van der Waals surface area contributed by atoms with Crippen LogP contribution in [0.3, 0.4) is 0 Å². The maximum Gasteiger partial charge on any atom is 0.202 e. The van der Waals surface area contributed by atoms with Crippen LogP contribution in [0.25, 0.3) is 11.3 Å². The largest absolute Gasteiger partial charge is 0.507 e. The van der Waals surface area contributed by atoms with Crippen molar-refractivity contribution in [1.82, 2.24) is 4.98 Å². The van der Waals surface area contributed by atoms with E-state index in [9.17, 15) is 5.11 Å². The summed E-state index contributed by atoms with van der Waals surface area (Å²) in [5.74, 6) is 0.906. The van der Waals surface area contributed by atoms with Gasteiger partial charge in [-0.25, -0.2) is 4.98 Å². The summed E-state index contributed by atoms with van der Waals surface area (Å²) >= 11 is 0. The van der Waals surface area contributed by atoms with E-state index in [4.69, 9.17) is 10.2 Å². The molecule has 4 heteroatoms. The van der Waals surface area contributed by atoms with Gasteiger partial charge in [0.05, 0.1) is 5.41 Å². The van der Waals surface area contributed by atoms with Crippen LogP contribution < -0.4 is 5.73 Å². The number of hydrogen-bond acceptors (Lipinski definition) is 4. The van der Waals surface area contributed by atoms with Gasteiger partial charge >= 0.3 is 0 Å². The van der Waals surface area contributed by atoms with Crippen molar-refractivity contribution in [1.29, 1.82) is 0 Å². The van der Waals surface area contributed by atoms with Gasteiger partial charge in [0.1, 0.15) is 17.7 Å². The van der Waals surface area contributed by atoms with Gasteiger partial charge in [-0.1, -0.05) is 12.1 Å². The van der Waals surface area contributed by atoms with Crippen LogP contribution in [0.2, 0.25) is 0 Å². The lowest BCUT2D eigenvalue weighted by Crippen LogP contribution is -2.19. The molecule has 0 saturated heterocycles. The third-order valence-electron chi connectivity index (χ3n) is 3.38. The highest BCUT2D eigenvalue weighted by Gasteiger charge is 2.47. The fourth-order valence-electron chi connectivity index (χ4n) is 1.99. The van der Waals surface area contributed by atoms with Crippen molar-refractivity contribution >= 4 is 0 Å². The molecule has 1 aromatic carbocycles. The minimum atomic E-state index is -0.0529. The zero-order chi connectivity index (χ0) is 11.9. The van der Waals surface area contributed by atoms with Crippen molar-refractivity contribution in [3.63, 3.8) is 0 Å². The summed E-state index contributed by atoms with van der Waals surface area (Å²) in [5.41, 5.74) is 7.03. The van der Waals surface area contributed by atoms with Gasteiger partial charge in [0.2, 0.25) is 5.89 Å². The van der Waals surface area contributed by atoms with E-state index >= 15 is 0 Å². The number of para-hydroxylation sites is 1. The molecule has 0 bridgehead atoms. The molecule has 0 atom stereocenters. The minimum absolute atomic E-state index is 0.0529. The topological polar surface area (TPSA) is 72.3 Å². The molecule has 0 radical (unpaired) electrons. The molecular formula is C13H14N2O2. The molecular weight excluding hydrogens is 216 g/mol. The van der Waals surface area contributed by atoms with Crippen molar-refractivity contribution in [2.75, 3.05) is 6.54 Å². The summed E-state index contributed by atoms with van der Waals surface area (Å²) in [6.07, 6.45) is 3.65. The molecule has 0 aliphatic heterocycles. The SMILES string of the molecule is NCC1(c2nc(-c3ccccc3O)co2)CC1. The first-order valence-corrected chi connectivity index (χ1v) is 5.70. The molecule has 1 aliphatic rings. The Labute approximate surface area is 99.1 Å². The summed E-state index contributed by atoms with van der Waals surface area (Å²) < 4.78 is 5.49. The molecule has 1 aromatic heterocycles. The van der Waals surface area contributed by atoms with E-state index in [1.807, 2.05) is 12.1 Å². The average Bonchev–Trinajstić information content (AvgIpc) is 3.00. The minimum Gasteiger partial charge on any atom is -0.507 e. The predicted molar refractivity (Wildman–Crippen MR) is 63.6 cm³/mol. The maximum absolute atomic E-state index is 9.74. The van der Waals surface area contributed by atoms with E-state index in [2.05, 4.69) is 4.98 Å². The molecule has 1 fully saturated rings. The number of aromatic hydroxyl groups is 1. The fraction of sp³-hybridized carbons (Fsp3) is 0.308. The van der Waals surface area contributed by atoms with E-state index in [1.165, 1.54) is 0 Å². The van der Waals surface area contributed by atoms with Gasteiger partial charge in [0.15, 0.2) is 0 Å². The van der Waals surface area contributed by atoms with Gasteiger partial charge in [-0.2, -0.15) is 0 Å². The van der Waals surface area contributed by atoms with E-state index < -0.39 is 0 Å². The molecule has 1 aliphatic carbocycles. The predicted octanol–water partition coefficient (Wildman–Crippen LogP) is 2.04. The molecule has 4 nitrogen and oxygen atoms in total. The molecule has 3 rings (SSSR count). The molecule has 0 amide bonds. The Balaban J connectivity index is 1.99. The summed E-state index contributed by atoms with van der Waals surface area (Å²) in [5, 5.41) is 9.74. The maximum atomic E-state index is 9.74. The van der Waals surface area contributed by atoms with Crippen LogP contribution in [0.15, 0.2) is 34.9 Å². The van der Waals surface area contributed by atoms with E-state index in [0.29, 0.717) is 23.7 Å². The number of aromatic nitrogens is 1. The van der Waals surface area contributed by atoms with Gasteiger partial charge in [-0.3, -0.25) is 0 Å². The number of phenolic OH excluding ortho intramolecular Hbond substituents is 1. The highest BCUT2D eigenvalue weighted by Crippen LogP contribution is 2.47. The molecule has 3 N–H and O–H groups in total. The number of benzene rings is 1. The molecule has 1 heterocycles.